The Morgan fingerprint density at radius 2 is 1.04 bits per heavy atom. The largest absolute Gasteiger partial charge is 0.0619 e. The molecule has 5 aliphatic carbocycles. The highest BCUT2D eigenvalue weighted by Gasteiger charge is 2.52. The summed E-state index contributed by atoms with van der Waals surface area (Å²) in [5, 5.41) is 8.42. The van der Waals surface area contributed by atoms with Gasteiger partial charge in [-0.1, -0.05) is 123 Å². The fraction of sp³-hybridized carbons (Fsp3) is 0.265. The van der Waals surface area contributed by atoms with Gasteiger partial charge in [-0.15, -0.1) is 0 Å². The Kier molecular flexibility index (Phi) is 5.72. The maximum absolute atomic E-state index is 2.55. The van der Waals surface area contributed by atoms with Gasteiger partial charge in [-0.2, -0.15) is 0 Å². The third-order valence-electron chi connectivity index (χ3n) is 13.5. The summed E-state index contributed by atoms with van der Waals surface area (Å²) in [6.07, 6.45) is 8.51. The molecule has 0 amide bonds. The predicted molar refractivity (Wildman–Crippen MR) is 207 cm³/mol. The van der Waals surface area contributed by atoms with Crippen molar-refractivity contribution in [3.8, 4) is 33.4 Å². The highest BCUT2D eigenvalue weighted by atomic mass is 14.6. The molecule has 49 heavy (non-hydrogen) atoms. The van der Waals surface area contributed by atoms with Gasteiger partial charge in [0.15, 0.2) is 0 Å². The van der Waals surface area contributed by atoms with E-state index in [1.807, 2.05) is 0 Å². The van der Waals surface area contributed by atoms with Crippen LogP contribution in [0.4, 0.5) is 0 Å². The SMILES string of the molecule is CC1(C)c2ccccc2-c2ccc(-c3c4ccccc4c(C45CC6CC(CC(C6)C4)C5)c4ccc(-c5ccc6ccccc6c5)cc34)cc21. The Bertz CT molecular complexity index is 2470. The zero-order valence-electron chi connectivity index (χ0n) is 28.6. The zero-order valence-corrected chi connectivity index (χ0v) is 28.6. The molecular weight excluding hydrogens is 589 g/mol. The zero-order chi connectivity index (χ0) is 32.5. The number of benzene rings is 7. The first kappa shape index (κ1) is 28.2. The Morgan fingerprint density at radius 1 is 0.449 bits per heavy atom. The molecule has 0 saturated heterocycles. The fourth-order valence-electron chi connectivity index (χ4n) is 11.9. The van der Waals surface area contributed by atoms with E-state index >= 15 is 0 Å². The van der Waals surface area contributed by atoms with Crippen LogP contribution in [0.2, 0.25) is 0 Å². The van der Waals surface area contributed by atoms with Gasteiger partial charge in [0.1, 0.15) is 0 Å². The summed E-state index contributed by atoms with van der Waals surface area (Å²) in [4.78, 5) is 0. The molecule has 0 radical (unpaired) electrons. The quantitative estimate of drug-likeness (QED) is 0.170. The van der Waals surface area contributed by atoms with Gasteiger partial charge < -0.3 is 0 Å². The van der Waals surface area contributed by atoms with Crippen molar-refractivity contribution in [2.45, 2.75) is 63.2 Å². The van der Waals surface area contributed by atoms with Crippen LogP contribution in [0.1, 0.15) is 69.1 Å². The van der Waals surface area contributed by atoms with Gasteiger partial charge in [0, 0.05) is 5.41 Å². The van der Waals surface area contributed by atoms with Crippen LogP contribution < -0.4 is 0 Å². The van der Waals surface area contributed by atoms with Crippen molar-refractivity contribution in [1.29, 1.82) is 0 Å². The minimum Gasteiger partial charge on any atom is -0.0619 e. The standard InChI is InChI=1S/C49H42/c1-48(2)44-14-8-7-11-38(44)39-19-18-37(26-45(39)48)46-40-12-5-6-13-41(40)47(49-27-30-21-31(28-49)23-32(22-30)29-49)42-20-17-36(25-43(42)46)35-16-15-33-9-3-4-10-34(33)24-35/h3-20,24-26,30-32H,21-23,27-29H2,1-2H3. The molecule has 0 heterocycles. The first-order chi connectivity index (χ1) is 23.9. The number of hydrogen-bond donors (Lipinski definition) is 0. The van der Waals surface area contributed by atoms with Crippen LogP contribution in [0.3, 0.4) is 0 Å². The van der Waals surface area contributed by atoms with Crippen molar-refractivity contribution < 1.29 is 0 Å². The van der Waals surface area contributed by atoms with E-state index in [1.165, 1.54) is 115 Å². The van der Waals surface area contributed by atoms with Crippen LogP contribution in [-0.4, -0.2) is 0 Å². The third-order valence-corrected chi connectivity index (χ3v) is 13.5. The smallest absolute Gasteiger partial charge is 0.0159 e. The van der Waals surface area contributed by atoms with Gasteiger partial charge in [0.25, 0.3) is 0 Å². The highest BCUT2D eigenvalue weighted by molar-refractivity contribution is 6.16. The van der Waals surface area contributed by atoms with Crippen molar-refractivity contribution in [2.24, 2.45) is 17.8 Å². The molecule has 0 nitrogen and oxygen atoms in total. The molecule has 0 spiro atoms. The van der Waals surface area contributed by atoms with E-state index in [1.54, 1.807) is 5.56 Å². The van der Waals surface area contributed by atoms with Gasteiger partial charge in [-0.05, 0) is 162 Å². The summed E-state index contributed by atoms with van der Waals surface area (Å²) in [5.74, 6) is 2.70. The molecule has 0 aromatic heterocycles. The molecule has 12 rings (SSSR count). The summed E-state index contributed by atoms with van der Waals surface area (Å²) in [6, 6.07) is 49.1. The third kappa shape index (κ3) is 3.98. The highest BCUT2D eigenvalue weighted by Crippen LogP contribution is 2.63. The van der Waals surface area contributed by atoms with E-state index in [0.29, 0.717) is 0 Å². The van der Waals surface area contributed by atoms with Crippen LogP contribution in [-0.2, 0) is 10.8 Å². The van der Waals surface area contributed by atoms with Crippen molar-refractivity contribution in [1.82, 2.24) is 0 Å². The predicted octanol–water partition coefficient (Wildman–Crippen LogP) is 13.3. The Balaban J connectivity index is 1.21. The van der Waals surface area contributed by atoms with Gasteiger partial charge >= 0.3 is 0 Å². The van der Waals surface area contributed by atoms with E-state index in [0.717, 1.165) is 17.8 Å². The summed E-state index contributed by atoms with van der Waals surface area (Å²) >= 11 is 0. The maximum Gasteiger partial charge on any atom is 0.0159 e. The van der Waals surface area contributed by atoms with Gasteiger partial charge in [0.05, 0.1) is 0 Å². The molecule has 7 aromatic rings. The van der Waals surface area contributed by atoms with Crippen LogP contribution in [0.25, 0.3) is 65.7 Å². The second-order valence-electron chi connectivity index (χ2n) is 16.7. The van der Waals surface area contributed by atoms with Gasteiger partial charge in [-0.25, -0.2) is 0 Å². The fourth-order valence-corrected chi connectivity index (χ4v) is 11.9. The van der Waals surface area contributed by atoms with E-state index in [9.17, 15) is 0 Å². The summed E-state index contributed by atoms with van der Waals surface area (Å²) < 4.78 is 0. The molecule has 5 aliphatic rings. The lowest BCUT2D eigenvalue weighted by molar-refractivity contribution is -0.00382. The molecular formula is C49H42. The van der Waals surface area contributed by atoms with Crippen LogP contribution in [0, 0.1) is 17.8 Å². The Morgan fingerprint density at radius 3 is 1.84 bits per heavy atom. The van der Waals surface area contributed by atoms with Gasteiger partial charge in [0.2, 0.25) is 0 Å². The Labute approximate surface area is 289 Å². The molecule has 238 valence electrons. The van der Waals surface area contributed by atoms with E-state index in [4.69, 9.17) is 0 Å². The molecule has 7 aromatic carbocycles. The normalized spacial score (nSPS) is 24.5. The second kappa shape index (κ2) is 9.95. The van der Waals surface area contributed by atoms with Crippen LogP contribution in [0.15, 0.2) is 127 Å². The topological polar surface area (TPSA) is 0 Å². The number of hydrogen-bond acceptors (Lipinski definition) is 0. The average molecular weight is 631 g/mol. The lowest BCUT2D eigenvalue weighted by Crippen LogP contribution is -2.48. The molecule has 0 N–H and O–H groups in total. The number of rotatable bonds is 3. The van der Waals surface area contributed by atoms with Crippen molar-refractivity contribution in [3.63, 3.8) is 0 Å². The molecule has 0 aliphatic heterocycles. The van der Waals surface area contributed by atoms with Crippen molar-refractivity contribution in [2.75, 3.05) is 0 Å². The van der Waals surface area contributed by atoms with E-state index in [-0.39, 0.29) is 10.8 Å². The number of fused-ring (bicyclic) bond motifs is 6. The summed E-state index contributed by atoms with van der Waals surface area (Å²) in [6.45, 7) is 4.82. The van der Waals surface area contributed by atoms with Crippen molar-refractivity contribution in [3.05, 3.63) is 144 Å². The van der Waals surface area contributed by atoms with Crippen molar-refractivity contribution >= 4 is 32.3 Å². The monoisotopic (exact) mass is 630 g/mol. The van der Waals surface area contributed by atoms with E-state index in [2.05, 4.69) is 141 Å². The molecule has 0 unspecified atom stereocenters. The van der Waals surface area contributed by atoms with Crippen LogP contribution >= 0.6 is 0 Å². The summed E-state index contributed by atoms with van der Waals surface area (Å²) in [5.41, 5.74) is 12.9. The molecule has 0 heteroatoms. The lowest BCUT2D eigenvalue weighted by atomic mass is 9.47. The summed E-state index contributed by atoms with van der Waals surface area (Å²) in [7, 11) is 0. The van der Waals surface area contributed by atoms with Crippen LogP contribution in [0.5, 0.6) is 0 Å². The minimum atomic E-state index is -0.0388. The lowest BCUT2D eigenvalue weighted by Gasteiger charge is -2.57. The molecule has 0 atom stereocenters. The molecule has 4 bridgehead atoms. The first-order valence-corrected chi connectivity index (χ1v) is 18.7. The average Bonchev–Trinajstić information content (AvgIpc) is 3.35. The molecule has 4 fully saturated rings. The molecule has 4 saturated carbocycles. The van der Waals surface area contributed by atoms with Gasteiger partial charge in [-0.3, -0.25) is 0 Å². The first-order valence-electron chi connectivity index (χ1n) is 18.7. The van der Waals surface area contributed by atoms with E-state index < -0.39 is 0 Å². The Hall–Kier alpha value is -4.68. The second-order valence-corrected chi connectivity index (χ2v) is 16.7. The maximum atomic E-state index is 2.55. The minimum absolute atomic E-state index is 0.0388.